The third-order valence-corrected chi connectivity index (χ3v) is 5.83. The molecule has 0 unspecified atom stereocenters. The Hall–Kier alpha value is -3.46. The van der Waals surface area contributed by atoms with Crippen LogP contribution in [0.1, 0.15) is 18.5 Å². The molecule has 9 nitrogen and oxygen atoms in total. The largest absolute Gasteiger partial charge is 0.382 e. The van der Waals surface area contributed by atoms with Crippen LogP contribution in [0, 0.1) is 0 Å². The molecule has 31 heavy (non-hydrogen) atoms. The van der Waals surface area contributed by atoms with Crippen molar-refractivity contribution in [1.82, 2.24) is 35.1 Å². The molecule has 2 aliphatic rings. The number of rotatable bonds is 2. The quantitative estimate of drug-likeness (QED) is 0.587. The molecule has 0 aliphatic carbocycles. The van der Waals surface area contributed by atoms with Crippen LogP contribution in [0.2, 0.25) is 0 Å². The summed E-state index contributed by atoms with van der Waals surface area (Å²) in [6.45, 7) is 4.63. The third kappa shape index (κ3) is 3.96. The predicted octanol–water partition coefficient (Wildman–Crippen LogP) is 2.11. The van der Waals surface area contributed by atoms with Gasteiger partial charge in [-0.15, -0.1) is 0 Å². The Morgan fingerprint density at radius 1 is 1.06 bits per heavy atom. The van der Waals surface area contributed by atoms with Gasteiger partial charge < -0.3 is 25.8 Å². The molecule has 2 aliphatic heterocycles. The van der Waals surface area contributed by atoms with E-state index < -0.39 is 0 Å². The summed E-state index contributed by atoms with van der Waals surface area (Å²) in [5.41, 5.74) is 10.3. The van der Waals surface area contributed by atoms with Gasteiger partial charge in [-0.05, 0) is 37.1 Å². The first-order chi connectivity index (χ1) is 15.2. The number of hydrogen-bond acceptors (Lipinski definition) is 6. The van der Waals surface area contributed by atoms with Crippen molar-refractivity contribution < 1.29 is 4.79 Å². The molecular formula is C22H26N8O. The molecule has 0 bridgehead atoms. The fraction of sp³-hybridized carbons (Fsp3) is 0.364. The lowest BCUT2D eigenvalue weighted by Gasteiger charge is -2.31. The zero-order chi connectivity index (χ0) is 21.2. The smallest absolute Gasteiger partial charge is 0.320 e. The highest BCUT2D eigenvalue weighted by Crippen LogP contribution is 2.27. The van der Waals surface area contributed by atoms with E-state index in [1.807, 2.05) is 34.1 Å². The average Bonchev–Trinajstić information content (AvgIpc) is 3.05. The van der Waals surface area contributed by atoms with Crippen LogP contribution in [0.4, 0.5) is 10.6 Å². The molecule has 1 saturated heterocycles. The zero-order valence-corrected chi connectivity index (χ0v) is 17.3. The van der Waals surface area contributed by atoms with Crippen LogP contribution in [0.15, 0.2) is 36.5 Å². The van der Waals surface area contributed by atoms with E-state index in [-0.39, 0.29) is 6.03 Å². The minimum Gasteiger partial charge on any atom is -0.382 e. The minimum absolute atomic E-state index is 0.116. The van der Waals surface area contributed by atoms with Gasteiger partial charge in [0.2, 0.25) is 0 Å². The van der Waals surface area contributed by atoms with Gasteiger partial charge in [-0.3, -0.25) is 0 Å². The van der Waals surface area contributed by atoms with Crippen LogP contribution in [0.3, 0.4) is 0 Å². The first-order valence-electron chi connectivity index (χ1n) is 10.7. The van der Waals surface area contributed by atoms with Crippen LogP contribution in [0.5, 0.6) is 0 Å². The van der Waals surface area contributed by atoms with E-state index in [0.717, 1.165) is 61.3 Å². The van der Waals surface area contributed by atoms with E-state index in [0.29, 0.717) is 30.4 Å². The summed E-state index contributed by atoms with van der Waals surface area (Å²) in [6, 6.07) is 7.93. The number of fused-ring (bicyclic) bond motifs is 1. The molecule has 4 N–H and O–H groups in total. The third-order valence-electron chi connectivity index (χ3n) is 5.83. The molecule has 160 valence electrons. The molecule has 1 aromatic carbocycles. The number of H-pyrrole nitrogens is 1. The molecule has 0 radical (unpaired) electrons. The summed E-state index contributed by atoms with van der Waals surface area (Å²) in [6.07, 6.45) is 5.49. The summed E-state index contributed by atoms with van der Waals surface area (Å²) in [5, 5.41) is 3.34. The first kappa shape index (κ1) is 19.5. The number of imidazole rings is 1. The number of hydrogen-bond donors (Lipinski definition) is 3. The Morgan fingerprint density at radius 2 is 1.97 bits per heavy atom. The monoisotopic (exact) mass is 418 g/mol. The molecule has 3 aromatic rings. The van der Waals surface area contributed by atoms with Gasteiger partial charge in [-0.1, -0.05) is 18.2 Å². The van der Waals surface area contributed by atoms with Gasteiger partial charge in [0.15, 0.2) is 11.6 Å². The summed E-state index contributed by atoms with van der Waals surface area (Å²) < 4.78 is 0. The second-order valence-electron chi connectivity index (χ2n) is 7.89. The number of urea groups is 1. The maximum Gasteiger partial charge on any atom is 0.320 e. The molecule has 0 atom stereocenters. The minimum atomic E-state index is 0.116. The second kappa shape index (κ2) is 8.35. The van der Waals surface area contributed by atoms with Gasteiger partial charge in [0.05, 0.1) is 22.9 Å². The van der Waals surface area contributed by atoms with E-state index >= 15 is 0 Å². The van der Waals surface area contributed by atoms with Gasteiger partial charge >= 0.3 is 6.03 Å². The Kier molecular flexibility index (Phi) is 5.25. The van der Waals surface area contributed by atoms with E-state index in [1.165, 1.54) is 0 Å². The van der Waals surface area contributed by atoms with Crippen LogP contribution in [0.25, 0.3) is 28.1 Å². The van der Waals surface area contributed by atoms with Crippen LogP contribution < -0.4 is 11.1 Å². The lowest BCUT2D eigenvalue weighted by atomic mass is 10.1. The fourth-order valence-electron chi connectivity index (χ4n) is 4.10. The summed E-state index contributed by atoms with van der Waals surface area (Å²) in [4.78, 5) is 33.7. The number of benzene rings is 1. The number of anilines is 1. The number of aromatic nitrogens is 4. The summed E-state index contributed by atoms with van der Waals surface area (Å²) in [7, 11) is 0. The van der Waals surface area contributed by atoms with Gasteiger partial charge in [0, 0.05) is 32.7 Å². The van der Waals surface area contributed by atoms with Gasteiger partial charge in [-0.2, -0.15) is 0 Å². The molecule has 0 spiro atoms. The van der Waals surface area contributed by atoms with Crippen LogP contribution in [-0.4, -0.2) is 75.0 Å². The number of carbonyl (C=O) groups is 1. The number of amides is 2. The number of nitrogens with zero attached hydrogens (tertiary/aromatic N) is 5. The average molecular weight is 419 g/mol. The normalized spacial score (nSPS) is 17.5. The van der Waals surface area contributed by atoms with E-state index in [9.17, 15) is 4.79 Å². The van der Waals surface area contributed by atoms with Crippen molar-refractivity contribution in [2.75, 3.05) is 45.0 Å². The van der Waals surface area contributed by atoms with Crippen molar-refractivity contribution in [1.29, 1.82) is 0 Å². The highest BCUT2D eigenvalue weighted by molar-refractivity contribution is 5.81. The summed E-state index contributed by atoms with van der Waals surface area (Å²) in [5.74, 6) is 0.946. The number of para-hydroxylation sites is 2. The SMILES string of the molecule is Nc1ncc(C2=CCN(C(=O)N3CCCNCC3)CC2)nc1-c1nc2ccccc2[nH]1. The topological polar surface area (TPSA) is 116 Å². The Morgan fingerprint density at radius 3 is 2.81 bits per heavy atom. The lowest BCUT2D eigenvalue weighted by molar-refractivity contribution is 0.160. The lowest BCUT2D eigenvalue weighted by Crippen LogP contribution is -2.46. The standard InChI is InChI=1S/C22H26N8O/c23-20-19(21-27-16-4-1-2-5-17(16)28-21)26-18(14-25-20)15-6-11-30(12-7-15)22(31)29-10-3-8-24-9-13-29/h1-2,4-6,14,24H,3,7-13H2,(H2,23,25)(H,27,28). The number of nitrogens with two attached hydrogens (primary N) is 1. The second-order valence-corrected chi connectivity index (χ2v) is 7.89. The zero-order valence-electron chi connectivity index (χ0n) is 17.3. The predicted molar refractivity (Wildman–Crippen MR) is 120 cm³/mol. The number of carbonyl (C=O) groups excluding carboxylic acids is 1. The molecule has 2 amide bonds. The summed E-state index contributed by atoms with van der Waals surface area (Å²) >= 11 is 0. The van der Waals surface area contributed by atoms with Crippen LogP contribution in [-0.2, 0) is 0 Å². The highest BCUT2D eigenvalue weighted by atomic mass is 16.2. The van der Waals surface area contributed by atoms with Crippen LogP contribution >= 0.6 is 0 Å². The Bertz CT molecular complexity index is 1100. The molecule has 5 rings (SSSR count). The number of nitrogens with one attached hydrogen (secondary N) is 2. The van der Waals surface area contributed by atoms with Gasteiger partial charge in [0.25, 0.3) is 0 Å². The van der Waals surface area contributed by atoms with Crippen molar-refractivity contribution in [2.24, 2.45) is 0 Å². The maximum atomic E-state index is 12.9. The Balaban J connectivity index is 1.35. The van der Waals surface area contributed by atoms with Gasteiger partial charge in [-0.25, -0.2) is 19.7 Å². The molecule has 9 heteroatoms. The van der Waals surface area contributed by atoms with E-state index in [4.69, 9.17) is 10.7 Å². The van der Waals surface area contributed by atoms with Gasteiger partial charge in [0.1, 0.15) is 5.69 Å². The maximum absolute atomic E-state index is 12.9. The molecule has 4 heterocycles. The Labute approximate surface area is 180 Å². The van der Waals surface area contributed by atoms with Crippen molar-refractivity contribution in [3.8, 4) is 11.5 Å². The molecule has 2 aromatic heterocycles. The van der Waals surface area contributed by atoms with E-state index in [1.54, 1.807) is 6.20 Å². The number of aromatic amines is 1. The van der Waals surface area contributed by atoms with Crippen molar-refractivity contribution in [3.63, 3.8) is 0 Å². The van der Waals surface area contributed by atoms with Crippen molar-refractivity contribution >= 4 is 28.5 Å². The molecular weight excluding hydrogens is 392 g/mol. The van der Waals surface area contributed by atoms with Crippen molar-refractivity contribution in [2.45, 2.75) is 12.8 Å². The van der Waals surface area contributed by atoms with E-state index in [2.05, 4.69) is 26.3 Å². The number of nitrogen functional groups attached to an aromatic ring is 1. The highest BCUT2D eigenvalue weighted by Gasteiger charge is 2.24. The molecule has 0 saturated carbocycles. The fourth-order valence-corrected chi connectivity index (χ4v) is 4.10. The first-order valence-corrected chi connectivity index (χ1v) is 10.7. The molecule has 1 fully saturated rings. The van der Waals surface area contributed by atoms with Crippen molar-refractivity contribution in [3.05, 3.63) is 42.2 Å².